The second-order valence-corrected chi connectivity index (χ2v) is 5.75. The molecule has 0 radical (unpaired) electrons. The van der Waals surface area contributed by atoms with Crippen LogP contribution in [0.15, 0.2) is 18.2 Å². The van der Waals surface area contributed by atoms with Crippen molar-refractivity contribution in [2.75, 3.05) is 10.6 Å². The maximum atomic E-state index is 13.4. The Labute approximate surface area is 143 Å². The Morgan fingerprint density at radius 3 is 2.50 bits per heavy atom. The quantitative estimate of drug-likeness (QED) is 0.776. The first-order chi connectivity index (χ1) is 9.45. The fourth-order valence-electron chi connectivity index (χ4n) is 2.55. The van der Waals surface area contributed by atoms with E-state index in [0.717, 1.165) is 18.5 Å². The van der Waals surface area contributed by atoms with Gasteiger partial charge in [-0.1, -0.05) is 0 Å². The van der Waals surface area contributed by atoms with Gasteiger partial charge in [0.15, 0.2) is 0 Å². The Morgan fingerprint density at radius 1 is 1.27 bits per heavy atom. The molecule has 1 amide bonds. The molecule has 0 spiro atoms. The molecular formula is C15H24Cl2FN3O. The molecule has 2 atom stereocenters. The molecule has 1 aliphatic rings. The van der Waals surface area contributed by atoms with E-state index >= 15 is 0 Å². The van der Waals surface area contributed by atoms with Crippen molar-refractivity contribution in [2.45, 2.75) is 45.2 Å². The van der Waals surface area contributed by atoms with Crippen LogP contribution in [-0.4, -0.2) is 18.0 Å². The normalized spacial score (nSPS) is 20.0. The van der Waals surface area contributed by atoms with E-state index in [2.05, 4.69) is 10.6 Å². The summed E-state index contributed by atoms with van der Waals surface area (Å²) in [5.74, 6) is -0.506. The smallest absolute Gasteiger partial charge is 0.227 e. The van der Waals surface area contributed by atoms with E-state index in [1.165, 1.54) is 12.1 Å². The first kappa shape index (κ1) is 21.0. The van der Waals surface area contributed by atoms with Crippen LogP contribution in [0.5, 0.6) is 0 Å². The van der Waals surface area contributed by atoms with E-state index in [1.54, 1.807) is 6.07 Å². The minimum atomic E-state index is -0.363. The number of carbonyl (C=O) groups excluding carboxylic acids is 1. The minimum absolute atomic E-state index is 0. The fourth-order valence-corrected chi connectivity index (χ4v) is 2.55. The van der Waals surface area contributed by atoms with Crippen LogP contribution < -0.4 is 16.4 Å². The van der Waals surface area contributed by atoms with E-state index in [1.807, 2.05) is 13.8 Å². The monoisotopic (exact) mass is 351 g/mol. The number of nitrogens with two attached hydrogens (primary N) is 1. The lowest BCUT2D eigenvalue weighted by Gasteiger charge is -2.17. The first-order valence-electron chi connectivity index (χ1n) is 7.08. The molecule has 0 bridgehead atoms. The summed E-state index contributed by atoms with van der Waals surface area (Å²) in [6, 6.07) is 4.68. The van der Waals surface area contributed by atoms with E-state index in [4.69, 9.17) is 5.73 Å². The van der Waals surface area contributed by atoms with Crippen molar-refractivity contribution in [3.05, 3.63) is 24.0 Å². The molecule has 1 aromatic carbocycles. The van der Waals surface area contributed by atoms with Crippen molar-refractivity contribution in [3.8, 4) is 0 Å². The van der Waals surface area contributed by atoms with E-state index in [0.29, 0.717) is 12.1 Å². The standard InChI is InChI=1S/C15H22FN3O.2ClH/c1-9(2)18-13-6-4-11(16)8-14(13)19-15(20)10-3-5-12(17)7-10;;/h4,6,8-10,12,18H,3,5,7,17H2,1-2H3,(H,19,20);2*1H. The van der Waals surface area contributed by atoms with Crippen molar-refractivity contribution in [1.29, 1.82) is 0 Å². The van der Waals surface area contributed by atoms with Gasteiger partial charge in [0.2, 0.25) is 5.91 Å². The molecule has 7 heteroatoms. The number of anilines is 2. The Bertz CT molecular complexity index is 500. The van der Waals surface area contributed by atoms with Crippen molar-refractivity contribution in [1.82, 2.24) is 0 Å². The van der Waals surface area contributed by atoms with Crippen LogP contribution in [0.25, 0.3) is 0 Å². The van der Waals surface area contributed by atoms with Gasteiger partial charge in [-0.3, -0.25) is 4.79 Å². The number of rotatable bonds is 4. The van der Waals surface area contributed by atoms with Crippen LogP contribution >= 0.6 is 24.8 Å². The lowest BCUT2D eigenvalue weighted by Crippen LogP contribution is -2.24. The molecule has 1 saturated carbocycles. The summed E-state index contributed by atoms with van der Waals surface area (Å²) in [7, 11) is 0. The lowest BCUT2D eigenvalue weighted by molar-refractivity contribution is -0.119. The highest BCUT2D eigenvalue weighted by Crippen LogP contribution is 2.28. The van der Waals surface area contributed by atoms with Gasteiger partial charge >= 0.3 is 0 Å². The number of hydrogen-bond donors (Lipinski definition) is 3. The summed E-state index contributed by atoms with van der Waals surface area (Å²) in [6.07, 6.45) is 2.38. The number of carbonyl (C=O) groups is 1. The van der Waals surface area contributed by atoms with Gasteiger partial charge in [-0.05, 0) is 51.3 Å². The zero-order valence-electron chi connectivity index (χ0n) is 12.8. The van der Waals surface area contributed by atoms with Crippen molar-refractivity contribution in [2.24, 2.45) is 11.7 Å². The highest BCUT2D eigenvalue weighted by atomic mass is 35.5. The predicted molar refractivity (Wildman–Crippen MR) is 93.6 cm³/mol. The van der Waals surface area contributed by atoms with Crippen LogP contribution in [0, 0.1) is 11.7 Å². The van der Waals surface area contributed by atoms with Crippen LogP contribution in [-0.2, 0) is 4.79 Å². The summed E-state index contributed by atoms with van der Waals surface area (Å²) in [6.45, 7) is 3.98. The molecule has 4 nitrogen and oxygen atoms in total. The molecule has 2 rings (SSSR count). The Morgan fingerprint density at radius 2 is 1.95 bits per heavy atom. The summed E-state index contributed by atoms with van der Waals surface area (Å²) >= 11 is 0. The molecule has 126 valence electrons. The van der Waals surface area contributed by atoms with E-state index in [-0.39, 0.29) is 54.5 Å². The molecule has 2 unspecified atom stereocenters. The molecular weight excluding hydrogens is 328 g/mol. The second-order valence-electron chi connectivity index (χ2n) is 5.75. The van der Waals surface area contributed by atoms with E-state index in [9.17, 15) is 9.18 Å². The molecule has 1 fully saturated rings. The third kappa shape index (κ3) is 5.63. The molecule has 1 aromatic rings. The Balaban J connectivity index is 0.00000220. The number of benzene rings is 1. The van der Waals surface area contributed by atoms with Crippen molar-refractivity contribution in [3.63, 3.8) is 0 Å². The van der Waals surface area contributed by atoms with Crippen LogP contribution in [0.3, 0.4) is 0 Å². The van der Waals surface area contributed by atoms with E-state index < -0.39 is 0 Å². The first-order valence-corrected chi connectivity index (χ1v) is 7.08. The van der Waals surface area contributed by atoms with Crippen LogP contribution in [0.2, 0.25) is 0 Å². The summed E-state index contributed by atoms with van der Waals surface area (Å²) in [5.41, 5.74) is 7.05. The summed E-state index contributed by atoms with van der Waals surface area (Å²) in [4.78, 5) is 12.2. The van der Waals surface area contributed by atoms with Gasteiger partial charge in [-0.25, -0.2) is 4.39 Å². The number of hydrogen-bond acceptors (Lipinski definition) is 3. The lowest BCUT2D eigenvalue weighted by atomic mass is 10.1. The Kier molecular flexibility index (Phi) is 8.74. The SMILES string of the molecule is CC(C)Nc1ccc(F)cc1NC(=O)C1CCC(N)C1.Cl.Cl. The van der Waals surface area contributed by atoms with Gasteiger partial charge in [0.25, 0.3) is 0 Å². The van der Waals surface area contributed by atoms with Gasteiger partial charge in [-0.2, -0.15) is 0 Å². The third-order valence-electron chi connectivity index (χ3n) is 3.53. The summed E-state index contributed by atoms with van der Waals surface area (Å²) in [5, 5.41) is 6.02. The second kappa shape index (κ2) is 9.18. The topological polar surface area (TPSA) is 67.1 Å². The third-order valence-corrected chi connectivity index (χ3v) is 3.53. The molecule has 0 saturated heterocycles. The fraction of sp³-hybridized carbons (Fsp3) is 0.533. The molecule has 0 aromatic heterocycles. The van der Waals surface area contributed by atoms with Gasteiger partial charge in [0, 0.05) is 18.0 Å². The highest BCUT2D eigenvalue weighted by molar-refractivity contribution is 5.95. The zero-order chi connectivity index (χ0) is 14.7. The number of nitrogens with one attached hydrogen (secondary N) is 2. The van der Waals surface area contributed by atoms with Crippen molar-refractivity contribution < 1.29 is 9.18 Å². The predicted octanol–water partition coefficient (Wildman–Crippen LogP) is 3.56. The maximum Gasteiger partial charge on any atom is 0.227 e. The van der Waals surface area contributed by atoms with Gasteiger partial charge in [0.1, 0.15) is 5.82 Å². The average molecular weight is 352 g/mol. The zero-order valence-corrected chi connectivity index (χ0v) is 14.4. The van der Waals surface area contributed by atoms with Gasteiger partial charge in [-0.15, -0.1) is 24.8 Å². The Hall–Kier alpha value is -1.04. The molecule has 1 aliphatic carbocycles. The molecule has 0 aliphatic heterocycles. The molecule has 0 heterocycles. The number of halogens is 3. The largest absolute Gasteiger partial charge is 0.381 e. The maximum absolute atomic E-state index is 13.4. The molecule has 4 N–H and O–H groups in total. The minimum Gasteiger partial charge on any atom is -0.381 e. The molecule has 22 heavy (non-hydrogen) atoms. The average Bonchev–Trinajstić information content (AvgIpc) is 2.79. The van der Waals surface area contributed by atoms with Crippen LogP contribution in [0.4, 0.5) is 15.8 Å². The van der Waals surface area contributed by atoms with Crippen LogP contribution in [0.1, 0.15) is 33.1 Å². The number of amides is 1. The van der Waals surface area contributed by atoms with Crippen molar-refractivity contribution >= 4 is 42.1 Å². The van der Waals surface area contributed by atoms with Gasteiger partial charge in [0.05, 0.1) is 11.4 Å². The van der Waals surface area contributed by atoms with Gasteiger partial charge < -0.3 is 16.4 Å². The highest BCUT2D eigenvalue weighted by Gasteiger charge is 2.28. The summed E-state index contributed by atoms with van der Waals surface area (Å²) < 4.78 is 13.4.